The molecule has 0 atom stereocenters. The van der Waals surface area contributed by atoms with Crippen LogP contribution in [-0.2, 0) is 0 Å². The summed E-state index contributed by atoms with van der Waals surface area (Å²) in [6, 6.07) is 0. The predicted octanol–water partition coefficient (Wildman–Crippen LogP) is -1.62. The van der Waals surface area contributed by atoms with Crippen molar-refractivity contribution in [2.45, 2.75) is 0 Å². The number of rotatable bonds is 6. The van der Waals surface area contributed by atoms with Crippen molar-refractivity contribution >= 4 is 11.6 Å². The standard InChI is InChI=1S/C8H14N4O4/c9-5-6(15-3-1-13)11-8(10)12-7(5)16-4-2-14/h13-14H,1-4,9H2,(H2,10,11,12). The second-order valence-corrected chi connectivity index (χ2v) is 2.75. The molecular formula is C8H14N4O4. The van der Waals surface area contributed by atoms with E-state index in [9.17, 15) is 0 Å². The van der Waals surface area contributed by atoms with Gasteiger partial charge in [0.1, 0.15) is 13.2 Å². The van der Waals surface area contributed by atoms with Gasteiger partial charge in [0.2, 0.25) is 17.7 Å². The van der Waals surface area contributed by atoms with E-state index in [-0.39, 0.29) is 49.8 Å². The van der Waals surface area contributed by atoms with Crippen LogP contribution in [0, 0.1) is 0 Å². The second-order valence-electron chi connectivity index (χ2n) is 2.75. The van der Waals surface area contributed by atoms with Crippen molar-refractivity contribution in [1.29, 1.82) is 0 Å². The minimum Gasteiger partial charge on any atom is -0.474 e. The Morgan fingerprint density at radius 3 is 1.75 bits per heavy atom. The zero-order chi connectivity index (χ0) is 12.0. The first kappa shape index (κ1) is 12.3. The van der Waals surface area contributed by atoms with Gasteiger partial charge in [-0.05, 0) is 0 Å². The molecule has 0 aliphatic heterocycles. The number of anilines is 2. The van der Waals surface area contributed by atoms with Gasteiger partial charge in [-0.3, -0.25) is 0 Å². The van der Waals surface area contributed by atoms with Crippen LogP contribution >= 0.6 is 0 Å². The summed E-state index contributed by atoms with van der Waals surface area (Å²) in [4.78, 5) is 7.49. The highest BCUT2D eigenvalue weighted by atomic mass is 16.5. The lowest BCUT2D eigenvalue weighted by atomic mass is 10.5. The summed E-state index contributed by atoms with van der Waals surface area (Å²) in [6.07, 6.45) is 0. The third kappa shape index (κ3) is 3.11. The highest BCUT2D eigenvalue weighted by Crippen LogP contribution is 2.28. The molecule has 0 aromatic carbocycles. The quantitative estimate of drug-likeness (QED) is 0.457. The Labute approximate surface area is 91.8 Å². The van der Waals surface area contributed by atoms with Crippen molar-refractivity contribution in [3.05, 3.63) is 0 Å². The van der Waals surface area contributed by atoms with Gasteiger partial charge >= 0.3 is 0 Å². The fourth-order valence-electron chi connectivity index (χ4n) is 0.950. The molecular weight excluding hydrogens is 216 g/mol. The number of nitrogens with zero attached hydrogens (tertiary/aromatic N) is 2. The lowest BCUT2D eigenvalue weighted by Crippen LogP contribution is -2.11. The summed E-state index contributed by atoms with van der Waals surface area (Å²) >= 11 is 0. The van der Waals surface area contributed by atoms with E-state index in [1.54, 1.807) is 0 Å². The number of nitrogen functional groups attached to an aromatic ring is 2. The van der Waals surface area contributed by atoms with Crippen molar-refractivity contribution < 1.29 is 19.7 Å². The van der Waals surface area contributed by atoms with E-state index >= 15 is 0 Å². The Hall–Kier alpha value is -1.80. The first-order valence-corrected chi connectivity index (χ1v) is 4.59. The average Bonchev–Trinajstić information content (AvgIpc) is 2.28. The first-order valence-electron chi connectivity index (χ1n) is 4.59. The molecule has 1 aromatic rings. The maximum absolute atomic E-state index is 8.59. The van der Waals surface area contributed by atoms with E-state index in [2.05, 4.69) is 9.97 Å². The average molecular weight is 230 g/mol. The van der Waals surface area contributed by atoms with Gasteiger partial charge in [-0.25, -0.2) is 0 Å². The molecule has 8 nitrogen and oxygen atoms in total. The third-order valence-corrected chi connectivity index (χ3v) is 1.55. The minimum atomic E-state index is -0.170. The Bertz CT molecular complexity index is 318. The Kier molecular flexibility index (Phi) is 4.55. The molecule has 0 fully saturated rings. The largest absolute Gasteiger partial charge is 0.474 e. The Morgan fingerprint density at radius 1 is 0.938 bits per heavy atom. The van der Waals surface area contributed by atoms with Crippen LogP contribution in [0.3, 0.4) is 0 Å². The summed E-state index contributed by atoms with van der Waals surface area (Å²) in [7, 11) is 0. The molecule has 90 valence electrons. The molecule has 0 bridgehead atoms. The topological polar surface area (TPSA) is 137 Å². The summed E-state index contributed by atoms with van der Waals surface area (Å²) < 4.78 is 10.1. The van der Waals surface area contributed by atoms with Crippen LogP contribution < -0.4 is 20.9 Å². The van der Waals surface area contributed by atoms with E-state index in [0.29, 0.717) is 0 Å². The zero-order valence-corrected chi connectivity index (χ0v) is 8.59. The number of aliphatic hydroxyl groups is 2. The molecule has 6 N–H and O–H groups in total. The van der Waals surface area contributed by atoms with Crippen LogP contribution in [0.4, 0.5) is 11.6 Å². The van der Waals surface area contributed by atoms with Gasteiger partial charge < -0.3 is 31.2 Å². The van der Waals surface area contributed by atoms with Crippen molar-refractivity contribution in [2.24, 2.45) is 0 Å². The molecule has 1 heterocycles. The minimum absolute atomic E-state index is 0.0418. The molecule has 0 aliphatic rings. The van der Waals surface area contributed by atoms with E-state index in [4.69, 9.17) is 31.2 Å². The summed E-state index contributed by atoms with van der Waals surface area (Å²) in [5.74, 6) is 0.0408. The molecule has 0 radical (unpaired) electrons. The van der Waals surface area contributed by atoms with Crippen LogP contribution in [0.5, 0.6) is 11.8 Å². The molecule has 16 heavy (non-hydrogen) atoms. The van der Waals surface area contributed by atoms with Crippen LogP contribution in [0.25, 0.3) is 0 Å². The normalized spacial score (nSPS) is 10.1. The molecule has 0 spiro atoms. The Balaban J connectivity index is 2.86. The van der Waals surface area contributed by atoms with Crippen molar-refractivity contribution in [2.75, 3.05) is 37.9 Å². The van der Waals surface area contributed by atoms with Gasteiger partial charge in [-0.1, -0.05) is 0 Å². The molecule has 0 aliphatic carbocycles. The number of nitrogens with two attached hydrogens (primary N) is 2. The van der Waals surface area contributed by atoms with Crippen molar-refractivity contribution in [3.8, 4) is 11.8 Å². The van der Waals surface area contributed by atoms with Gasteiger partial charge in [0.25, 0.3) is 0 Å². The summed E-state index contributed by atoms with van der Waals surface area (Å²) in [6.45, 7) is -0.257. The summed E-state index contributed by atoms with van der Waals surface area (Å²) in [5.41, 5.74) is 11.1. The van der Waals surface area contributed by atoms with Crippen molar-refractivity contribution in [3.63, 3.8) is 0 Å². The second kappa shape index (κ2) is 5.93. The maximum Gasteiger partial charge on any atom is 0.246 e. The number of aromatic nitrogens is 2. The van der Waals surface area contributed by atoms with E-state index in [0.717, 1.165) is 0 Å². The van der Waals surface area contributed by atoms with E-state index < -0.39 is 0 Å². The van der Waals surface area contributed by atoms with E-state index in [1.165, 1.54) is 0 Å². The first-order chi connectivity index (χ1) is 7.69. The number of aliphatic hydroxyl groups excluding tert-OH is 2. The summed E-state index contributed by atoms with van der Waals surface area (Å²) in [5, 5.41) is 17.2. The number of ether oxygens (including phenoxy) is 2. The molecule has 8 heteroatoms. The zero-order valence-electron chi connectivity index (χ0n) is 8.59. The van der Waals surface area contributed by atoms with Crippen LogP contribution in [0.15, 0.2) is 0 Å². The number of hydrogen-bond acceptors (Lipinski definition) is 8. The smallest absolute Gasteiger partial charge is 0.246 e. The van der Waals surface area contributed by atoms with Gasteiger partial charge in [0.15, 0.2) is 5.69 Å². The molecule has 0 saturated heterocycles. The monoisotopic (exact) mass is 230 g/mol. The predicted molar refractivity (Wildman–Crippen MR) is 56.0 cm³/mol. The Morgan fingerprint density at radius 2 is 1.38 bits per heavy atom. The molecule has 1 rings (SSSR count). The highest BCUT2D eigenvalue weighted by molar-refractivity contribution is 5.58. The molecule has 1 aromatic heterocycles. The highest BCUT2D eigenvalue weighted by Gasteiger charge is 2.12. The molecule has 0 unspecified atom stereocenters. The van der Waals surface area contributed by atoms with Crippen molar-refractivity contribution in [1.82, 2.24) is 9.97 Å². The van der Waals surface area contributed by atoms with Crippen LogP contribution in [0.1, 0.15) is 0 Å². The van der Waals surface area contributed by atoms with Gasteiger partial charge in [0.05, 0.1) is 13.2 Å². The van der Waals surface area contributed by atoms with Crippen LogP contribution in [-0.4, -0.2) is 46.6 Å². The van der Waals surface area contributed by atoms with E-state index in [1.807, 2.05) is 0 Å². The van der Waals surface area contributed by atoms with Crippen LogP contribution in [0.2, 0.25) is 0 Å². The van der Waals surface area contributed by atoms with Gasteiger partial charge in [0, 0.05) is 0 Å². The molecule has 0 amide bonds. The lowest BCUT2D eigenvalue weighted by Gasteiger charge is -2.11. The fraction of sp³-hybridized carbons (Fsp3) is 0.500. The SMILES string of the molecule is Nc1nc(OCCO)c(N)c(OCCO)n1. The lowest BCUT2D eigenvalue weighted by molar-refractivity contribution is 0.190. The number of hydrogen-bond donors (Lipinski definition) is 4. The maximum atomic E-state index is 8.59. The van der Waals surface area contributed by atoms with Gasteiger partial charge in [-0.2, -0.15) is 9.97 Å². The van der Waals surface area contributed by atoms with Gasteiger partial charge in [-0.15, -0.1) is 0 Å². The fourth-order valence-corrected chi connectivity index (χ4v) is 0.950. The molecule has 0 saturated carbocycles. The third-order valence-electron chi connectivity index (χ3n) is 1.55.